The summed E-state index contributed by atoms with van der Waals surface area (Å²) < 4.78 is 15.1. The van der Waals surface area contributed by atoms with E-state index in [4.69, 9.17) is 9.47 Å². The Labute approximate surface area is 148 Å². The molecule has 8 nitrogen and oxygen atoms in total. The third kappa shape index (κ3) is 4.46. The molecular weight excluding hydrogens is 320 g/mol. The number of morpholine rings is 1. The Morgan fingerprint density at radius 2 is 2.24 bits per heavy atom. The summed E-state index contributed by atoms with van der Waals surface area (Å²) in [6, 6.07) is 0.207. The lowest BCUT2D eigenvalue weighted by Gasteiger charge is -2.39. The zero-order valence-corrected chi connectivity index (χ0v) is 15.3. The smallest absolute Gasteiger partial charge is 0.0946 e. The van der Waals surface area contributed by atoms with Crippen LogP contribution in [0.1, 0.15) is 17.3 Å². The largest absolute Gasteiger partial charge is 0.383 e. The summed E-state index contributed by atoms with van der Waals surface area (Å²) in [7, 11) is 5.88. The van der Waals surface area contributed by atoms with Crippen LogP contribution >= 0.6 is 0 Å². The second-order valence-corrected chi connectivity index (χ2v) is 6.50. The number of nitrogens with one attached hydrogen (secondary N) is 1. The lowest BCUT2D eigenvalue weighted by atomic mass is 10.0. The summed E-state index contributed by atoms with van der Waals surface area (Å²) >= 11 is 0. The Bertz CT molecular complexity index is 655. The van der Waals surface area contributed by atoms with Gasteiger partial charge in [-0.1, -0.05) is 0 Å². The van der Waals surface area contributed by atoms with Gasteiger partial charge in [0.25, 0.3) is 0 Å². The quantitative estimate of drug-likeness (QED) is 0.746. The van der Waals surface area contributed by atoms with Gasteiger partial charge in [0.05, 0.1) is 50.1 Å². The number of ether oxygens (including phenoxy) is 2. The molecule has 0 spiro atoms. The first-order valence-electron chi connectivity index (χ1n) is 8.68. The van der Waals surface area contributed by atoms with Crippen molar-refractivity contribution in [3.63, 3.8) is 0 Å². The van der Waals surface area contributed by atoms with E-state index in [1.165, 1.54) is 5.69 Å². The first-order chi connectivity index (χ1) is 12.2. The topological polar surface area (TPSA) is 69.4 Å². The van der Waals surface area contributed by atoms with Gasteiger partial charge in [-0.15, -0.1) is 0 Å². The molecule has 2 atom stereocenters. The molecule has 1 aliphatic heterocycles. The maximum absolute atomic E-state index is 6.05. The van der Waals surface area contributed by atoms with Crippen molar-refractivity contribution in [1.82, 2.24) is 29.5 Å². The summed E-state index contributed by atoms with van der Waals surface area (Å²) in [5, 5.41) is 7.85. The number of aryl methyl sites for hydroxylation is 1. The Morgan fingerprint density at radius 1 is 1.36 bits per heavy atom. The predicted molar refractivity (Wildman–Crippen MR) is 94.1 cm³/mol. The van der Waals surface area contributed by atoms with Crippen molar-refractivity contribution < 1.29 is 9.47 Å². The molecule has 0 unspecified atom stereocenters. The zero-order valence-electron chi connectivity index (χ0n) is 15.3. The number of aromatic nitrogens is 4. The first kappa shape index (κ1) is 18.1. The molecule has 2 aromatic rings. The lowest BCUT2D eigenvalue weighted by Crippen LogP contribution is -2.47. The SMILES string of the molecule is COCCn1cc(CNC[C@@H]2OCCN(C)[C@H]2c2cncn2C)cn1. The van der Waals surface area contributed by atoms with Crippen LogP contribution < -0.4 is 5.32 Å². The lowest BCUT2D eigenvalue weighted by molar-refractivity contribution is -0.0636. The van der Waals surface area contributed by atoms with E-state index in [1.54, 1.807) is 7.11 Å². The van der Waals surface area contributed by atoms with Gasteiger partial charge in [0.15, 0.2) is 0 Å². The molecule has 25 heavy (non-hydrogen) atoms. The highest BCUT2D eigenvalue weighted by Crippen LogP contribution is 2.27. The second kappa shape index (κ2) is 8.57. The highest BCUT2D eigenvalue weighted by molar-refractivity contribution is 5.09. The number of likely N-dealkylation sites (N-methyl/N-ethyl adjacent to an activating group) is 1. The van der Waals surface area contributed by atoms with Gasteiger partial charge in [-0.3, -0.25) is 9.58 Å². The highest BCUT2D eigenvalue weighted by Gasteiger charge is 2.32. The minimum absolute atomic E-state index is 0.0951. The molecule has 0 aromatic carbocycles. The van der Waals surface area contributed by atoms with Gasteiger partial charge in [0.2, 0.25) is 0 Å². The van der Waals surface area contributed by atoms with Crippen LogP contribution in [0.3, 0.4) is 0 Å². The number of hydrogen-bond donors (Lipinski definition) is 1. The molecule has 0 saturated carbocycles. The Balaban J connectivity index is 1.55. The predicted octanol–water partition coefficient (Wildman–Crippen LogP) is 0.425. The monoisotopic (exact) mass is 348 g/mol. The first-order valence-corrected chi connectivity index (χ1v) is 8.68. The van der Waals surface area contributed by atoms with E-state index in [-0.39, 0.29) is 12.1 Å². The van der Waals surface area contributed by atoms with Crippen molar-refractivity contribution in [3.05, 3.63) is 36.2 Å². The van der Waals surface area contributed by atoms with E-state index in [0.717, 1.165) is 38.3 Å². The molecule has 0 amide bonds. The maximum atomic E-state index is 6.05. The van der Waals surface area contributed by atoms with Crippen molar-refractivity contribution in [2.75, 3.05) is 40.5 Å². The van der Waals surface area contributed by atoms with E-state index in [1.807, 2.05) is 30.5 Å². The number of imidazole rings is 1. The van der Waals surface area contributed by atoms with Gasteiger partial charge in [0.1, 0.15) is 0 Å². The fraction of sp³-hybridized carbons (Fsp3) is 0.647. The van der Waals surface area contributed by atoms with E-state index >= 15 is 0 Å². The molecule has 1 N–H and O–H groups in total. The molecular formula is C17H28N6O2. The molecule has 0 radical (unpaired) electrons. The summed E-state index contributed by atoms with van der Waals surface area (Å²) in [5.74, 6) is 0. The minimum atomic E-state index is 0.0951. The zero-order chi connectivity index (χ0) is 17.6. The van der Waals surface area contributed by atoms with E-state index in [9.17, 15) is 0 Å². The van der Waals surface area contributed by atoms with E-state index < -0.39 is 0 Å². The van der Waals surface area contributed by atoms with Gasteiger partial charge < -0.3 is 19.4 Å². The molecule has 2 aromatic heterocycles. The van der Waals surface area contributed by atoms with Crippen molar-refractivity contribution in [3.8, 4) is 0 Å². The summed E-state index contributed by atoms with van der Waals surface area (Å²) in [6.07, 6.45) is 7.82. The third-order valence-electron chi connectivity index (χ3n) is 4.65. The number of nitrogens with zero attached hydrogens (tertiary/aromatic N) is 5. The normalized spacial score (nSPS) is 21.7. The van der Waals surface area contributed by atoms with Crippen LogP contribution in [0, 0.1) is 0 Å². The molecule has 0 bridgehead atoms. The Morgan fingerprint density at radius 3 is 3.00 bits per heavy atom. The number of methoxy groups -OCH3 is 1. The molecule has 1 fully saturated rings. The van der Waals surface area contributed by atoms with Gasteiger partial charge in [-0.2, -0.15) is 5.10 Å². The standard InChI is InChI=1S/C17H28N6O2/c1-21-4-7-25-16(17(21)15-10-19-13-22(15)2)11-18-8-14-9-20-23(12-14)5-6-24-3/h9-10,12-13,16-18H,4-8,11H2,1-3H3/t16-,17-/m0/s1. The minimum Gasteiger partial charge on any atom is -0.383 e. The van der Waals surface area contributed by atoms with Crippen LogP contribution in [-0.2, 0) is 29.6 Å². The average molecular weight is 348 g/mol. The summed E-state index contributed by atoms with van der Waals surface area (Å²) in [4.78, 5) is 6.60. The molecule has 138 valence electrons. The fourth-order valence-electron chi connectivity index (χ4n) is 3.26. The molecule has 3 heterocycles. The molecule has 1 aliphatic rings. The van der Waals surface area contributed by atoms with Crippen molar-refractivity contribution in [2.24, 2.45) is 7.05 Å². The van der Waals surface area contributed by atoms with E-state index in [2.05, 4.69) is 38.1 Å². The van der Waals surface area contributed by atoms with Gasteiger partial charge in [-0.05, 0) is 7.05 Å². The van der Waals surface area contributed by atoms with Gasteiger partial charge in [-0.25, -0.2) is 4.98 Å². The molecule has 0 aliphatic carbocycles. The highest BCUT2D eigenvalue weighted by atomic mass is 16.5. The van der Waals surface area contributed by atoms with Crippen LogP contribution in [-0.4, -0.2) is 70.8 Å². The number of hydrogen-bond acceptors (Lipinski definition) is 6. The van der Waals surface area contributed by atoms with Crippen LogP contribution in [0.15, 0.2) is 24.9 Å². The summed E-state index contributed by atoms with van der Waals surface area (Å²) in [5.41, 5.74) is 2.35. The van der Waals surface area contributed by atoms with E-state index in [0.29, 0.717) is 6.61 Å². The Kier molecular flexibility index (Phi) is 6.19. The summed E-state index contributed by atoms with van der Waals surface area (Å²) in [6.45, 7) is 4.68. The van der Waals surface area contributed by atoms with Gasteiger partial charge >= 0.3 is 0 Å². The van der Waals surface area contributed by atoms with Crippen molar-refractivity contribution in [1.29, 1.82) is 0 Å². The molecule has 3 rings (SSSR count). The third-order valence-corrected chi connectivity index (χ3v) is 4.65. The van der Waals surface area contributed by atoms with Crippen LogP contribution in [0.25, 0.3) is 0 Å². The molecule has 1 saturated heterocycles. The van der Waals surface area contributed by atoms with Crippen LogP contribution in [0.5, 0.6) is 0 Å². The molecule has 8 heteroatoms. The van der Waals surface area contributed by atoms with Crippen LogP contribution in [0.2, 0.25) is 0 Å². The van der Waals surface area contributed by atoms with Crippen LogP contribution in [0.4, 0.5) is 0 Å². The average Bonchev–Trinajstić information content (AvgIpc) is 3.22. The fourth-order valence-corrected chi connectivity index (χ4v) is 3.26. The maximum Gasteiger partial charge on any atom is 0.0946 e. The van der Waals surface area contributed by atoms with Crippen molar-refractivity contribution >= 4 is 0 Å². The second-order valence-electron chi connectivity index (χ2n) is 6.50. The van der Waals surface area contributed by atoms with Crippen molar-refractivity contribution in [2.45, 2.75) is 25.2 Å². The van der Waals surface area contributed by atoms with Gasteiger partial charge in [0, 0.05) is 51.7 Å². The number of rotatable bonds is 8. The Hall–Kier alpha value is -1.74.